The Hall–Kier alpha value is -1.39. The smallest absolute Gasteiger partial charge is 0.219 e. The number of hydrogen-bond donors (Lipinski definition) is 0. The maximum atomic E-state index is 11.8. The molecule has 2 saturated heterocycles. The minimum absolute atomic E-state index is 0.118. The van der Waals surface area contributed by atoms with Crippen molar-refractivity contribution in [2.24, 2.45) is 0 Å². The van der Waals surface area contributed by atoms with Gasteiger partial charge in [-0.3, -0.25) is 4.79 Å². The van der Waals surface area contributed by atoms with Crippen LogP contribution in [0.2, 0.25) is 0 Å². The summed E-state index contributed by atoms with van der Waals surface area (Å²) >= 11 is 0. The van der Waals surface area contributed by atoms with Gasteiger partial charge in [0.2, 0.25) is 5.91 Å². The standard InChI is InChI=1S/C19H28N2O2/c1-16-14-21(17(2)22)15-19(23-16)9-12-20(13-10-19)11-8-18-6-4-3-5-7-18/h3-7,16H,8-15H2,1-2H3. The van der Waals surface area contributed by atoms with Crippen LogP contribution in [0.25, 0.3) is 0 Å². The zero-order valence-electron chi connectivity index (χ0n) is 14.3. The van der Waals surface area contributed by atoms with E-state index in [9.17, 15) is 4.79 Å². The predicted molar refractivity (Wildman–Crippen MR) is 91.4 cm³/mol. The average molecular weight is 316 g/mol. The van der Waals surface area contributed by atoms with Gasteiger partial charge in [0.05, 0.1) is 11.7 Å². The lowest BCUT2D eigenvalue weighted by atomic mass is 9.88. The highest BCUT2D eigenvalue weighted by Crippen LogP contribution is 2.32. The molecular weight excluding hydrogens is 288 g/mol. The maximum absolute atomic E-state index is 11.8. The first-order valence-electron chi connectivity index (χ1n) is 8.76. The molecule has 2 aliphatic heterocycles. The third-order valence-electron chi connectivity index (χ3n) is 5.18. The average Bonchev–Trinajstić information content (AvgIpc) is 2.55. The number of benzene rings is 1. The predicted octanol–water partition coefficient (Wildman–Crippen LogP) is 2.33. The molecule has 0 radical (unpaired) electrons. The molecule has 4 heteroatoms. The van der Waals surface area contributed by atoms with E-state index in [0.29, 0.717) is 0 Å². The first-order chi connectivity index (χ1) is 11.1. The van der Waals surface area contributed by atoms with Gasteiger partial charge < -0.3 is 14.5 Å². The zero-order valence-corrected chi connectivity index (χ0v) is 14.3. The molecule has 1 amide bonds. The number of likely N-dealkylation sites (tertiary alicyclic amines) is 1. The van der Waals surface area contributed by atoms with Crippen LogP contribution in [0, 0.1) is 0 Å². The maximum Gasteiger partial charge on any atom is 0.219 e. The summed E-state index contributed by atoms with van der Waals surface area (Å²) in [4.78, 5) is 16.2. The normalized spacial score (nSPS) is 24.8. The van der Waals surface area contributed by atoms with Crippen LogP contribution in [0.3, 0.4) is 0 Å². The van der Waals surface area contributed by atoms with Gasteiger partial charge in [-0.2, -0.15) is 0 Å². The molecule has 0 aliphatic carbocycles. The first kappa shape index (κ1) is 16.5. The van der Waals surface area contributed by atoms with Crippen molar-refractivity contribution < 1.29 is 9.53 Å². The van der Waals surface area contributed by atoms with E-state index in [-0.39, 0.29) is 17.6 Å². The number of piperidine rings is 1. The number of nitrogens with zero attached hydrogens (tertiary/aromatic N) is 2. The van der Waals surface area contributed by atoms with E-state index in [0.717, 1.165) is 52.0 Å². The Bertz CT molecular complexity index is 523. The number of rotatable bonds is 3. The van der Waals surface area contributed by atoms with Crippen LogP contribution in [0.5, 0.6) is 0 Å². The minimum Gasteiger partial charge on any atom is -0.368 e. The second kappa shape index (κ2) is 7.02. The number of morpholine rings is 1. The molecular formula is C19H28N2O2. The summed E-state index contributed by atoms with van der Waals surface area (Å²) in [6.07, 6.45) is 3.29. The summed E-state index contributed by atoms with van der Waals surface area (Å²) in [6.45, 7) is 8.47. The van der Waals surface area contributed by atoms with Crippen molar-refractivity contribution in [2.75, 3.05) is 32.7 Å². The lowest BCUT2D eigenvalue weighted by molar-refractivity contribution is -0.178. The van der Waals surface area contributed by atoms with E-state index < -0.39 is 0 Å². The van der Waals surface area contributed by atoms with Crippen LogP contribution in [0.4, 0.5) is 0 Å². The van der Waals surface area contributed by atoms with Gasteiger partial charge in [-0.25, -0.2) is 0 Å². The Morgan fingerprint density at radius 3 is 2.61 bits per heavy atom. The number of carbonyl (C=O) groups excluding carboxylic acids is 1. The van der Waals surface area contributed by atoms with Crippen LogP contribution < -0.4 is 0 Å². The summed E-state index contributed by atoms with van der Waals surface area (Å²) in [6, 6.07) is 10.7. The third kappa shape index (κ3) is 4.12. The molecule has 2 heterocycles. The van der Waals surface area contributed by atoms with Gasteiger partial charge >= 0.3 is 0 Å². The van der Waals surface area contributed by atoms with Crippen molar-refractivity contribution in [3.05, 3.63) is 35.9 Å². The van der Waals surface area contributed by atoms with E-state index in [1.54, 1.807) is 6.92 Å². The quantitative estimate of drug-likeness (QED) is 0.858. The van der Waals surface area contributed by atoms with Crippen molar-refractivity contribution in [3.8, 4) is 0 Å². The molecule has 1 unspecified atom stereocenters. The lowest BCUT2D eigenvalue weighted by Gasteiger charge is -2.49. The largest absolute Gasteiger partial charge is 0.368 e. The summed E-state index contributed by atoms with van der Waals surface area (Å²) < 4.78 is 6.29. The highest BCUT2D eigenvalue weighted by atomic mass is 16.5. The summed E-state index contributed by atoms with van der Waals surface area (Å²) in [5.74, 6) is 0.172. The number of hydrogen-bond acceptors (Lipinski definition) is 3. The first-order valence-corrected chi connectivity index (χ1v) is 8.76. The Morgan fingerprint density at radius 2 is 1.96 bits per heavy atom. The fourth-order valence-electron chi connectivity index (χ4n) is 3.86. The Morgan fingerprint density at radius 1 is 1.26 bits per heavy atom. The van der Waals surface area contributed by atoms with Crippen LogP contribution >= 0.6 is 0 Å². The number of amides is 1. The number of ether oxygens (including phenoxy) is 1. The van der Waals surface area contributed by atoms with E-state index >= 15 is 0 Å². The Kier molecular flexibility index (Phi) is 5.02. The Labute approximate surface area is 139 Å². The van der Waals surface area contributed by atoms with Crippen LogP contribution in [-0.2, 0) is 16.0 Å². The molecule has 2 fully saturated rings. The highest BCUT2D eigenvalue weighted by molar-refractivity contribution is 5.73. The van der Waals surface area contributed by atoms with Gasteiger partial charge in [0, 0.05) is 39.6 Å². The van der Waals surface area contributed by atoms with Gasteiger partial charge in [0.15, 0.2) is 0 Å². The number of carbonyl (C=O) groups is 1. The van der Waals surface area contributed by atoms with Gasteiger partial charge in [-0.05, 0) is 31.7 Å². The lowest BCUT2D eigenvalue weighted by Crippen LogP contribution is -2.60. The van der Waals surface area contributed by atoms with Crippen molar-refractivity contribution in [2.45, 2.75) is 44.8 Å². The molecule has 1 atom stereocenters. The van der Waals surface area contributed by atoms with E-state index in [4.69, 9.17) is 4.74 Å². The van der Waals surface area contributed by atoms with Crippen molar-refractivity contribution >= 4 is 5.91 Å². The van der Waals surface area contributed by atoms with Gasteiger partial charge in [0.25, 0.3) is 0 Å². The molecule has 0 saturated carbocycles. The molecule has 0 aromatic heterocycles. The van der Waals surface area contributed by atoms with Crippen molar-refractivity contribution in [3.63, 3.8) is 0 Å². The van der Waals surface area contributed by atoms with E-state index in [1.807, 2.05) is 4.90 Å². The fourth-order valence-corrected chi connectivity index (χ4v) is 3.86. The third-order valence-corrected chi connectivity index (χ3v) is 5.18. The van der Waals surface area contributed by atoms with E-state index in [1.165, 1.54) is 5.56 Å². The Balaban J connectivity index is 1.52. The van der Waals surface area contributed by atoms with Gasteiger partial charge in [-0.1, -0.05) is 30.3 Å². The molecule has 23 heavy (non-hydrogen) atoms. The summed E-state index contributed by atoms with van der Waals surface area (Å²) in [5.41, 5.74) is 1.28. The molecule has 0 bridgehead atoms. The fraction of sp³-hybridized carbons (Fsp3) is 0.632. The van der Waals surface area contributed by atoms with Crippen LogP contribution in [0.15, 0.2) is 30.3 Å². The zero-order chi connectivity index (χ0) is 16.3. The highest BCUT2D eigenvalue weighted by Gasteiger charge is 2.42. The second-order valence-electron chi connectivity index (χ2n) is 7.09. The molecule has 2 aliphatic rings. The van der Waals surface area contributed by atoms with Crippen LogP contribution in [0.1, 0.15) is 32.3 Å². The van der Waals surface area contributed by atoms with Gasteiger partial charge in [-0.15, -0.1) is 0 Å². The monoisotopic (exact) mass is 316 g/mol. The van der Waals surface area contributed by atoms with Gasteiger partial charge in [0.1, 0.15) is 0 Å². The SMILES string of the molecule is CC(=O)N1CC(C)OC2(CCN(CCc3ccccc3)CC2)C1. The molecule has 1 aromatic carbocycles. The molecule has 0 N–H and O–H groups in total. The molecule has 126 valence electrons. The molecule has 4 nitrogen and oxygen atoms in total. The summed E-state index contributed by atoms with van der Waals surface area (Å²) in [7, 11) is 0. The summed E-state index contributed by atoms with van der Waals surface area (Å²) in [5, 5.41) is 0. The second-order valence-corrected chi connectivity index (χ2v) is 7.09. The molecule has 1 spiro atoms. The van der Waals surface area contributed by atoms with E-state index in [2.05, 4.69) is 42.2 Å². The van der Waals surface area contributed by atoms with Crippen molar-refractivity contribution in [1.29, 1.82) is 0 Å². The van der Waals surface area contributed by atoms with Crippen molar-refractivity contribution in [1.82, 2.24) is 9.80 Å². The topological polar surface area (TPSA) is 32.8 Å². The van der Waals surface area contributed by atoms with Crippen LogP contribution in [-0.4, -0.2) is 60.1 Å². The molecule has 3 rings (SSSR count). The minimum atomic E-state index is -0.118. The molecule has 1 aromatic rings.